The van der Waals surface area contributed by atoms with E-state index in [0.717, 1.165) is 22.9 Å². The van der Waals surface area contributed by atoms with Crippen molar-refractivity contribution < 1.29 is 19.1 Å². The minimum absolute atomic E-state index is 0.0722. The van der Waals surface area contributed by atoms with Crippen LogP contribution in [0, 0.1) is 11.3 Å². The summed E-state index contributed by atoms with van der Waals surface area (Å²) >= 11 is 1.10. The predicted molar refractivity (Wildman–Crippen MR) is 116 cm³/mol. The topological polar surface area (TPSA) is 120 Å². The van der Waals surface area contributed by atoms with Crippen LogP contribution in [0.1, 0.15) is 23.1 Å². The molecule has 3 N–H and O–H groups in total. The van der Waals surface area contributed by atoms with E-state index < -0.39 is 12.1 Å². The Morgan fingerprint density at radius 1 is 1.23 bits per heavy atom. The lowest BCUT2D eigenvalue weighted by Crippen LogP contribution is -2.30. The minimum Gasteiger partial charge on any atom is -0.489 e. The number of benzene rings is 2. The number of nitrogens with one attached hydrogen (secondary N) is 2. The first-order valence-electron chi connectivity index (χ1n) is 9.36. The molecule has 31 heavy (non-hydrogen) atoms. The number of aliphatic carboxylic acids is 1. The highest BCUT2D eigenvalue weighted by atomic mass is 32.2. The van der Waals surface area contributed by atoms with Crippen LogP contribution in [0.2, 0.25) is 0 Å². The number of hydrogen-bond donors (Lipinski definition) is 3. The van der Waals surface area contributed by atoms with Crippen molar-refractivity contribution in [3.8, 4) is 23.1 Å². The summed E-state index contributed by atoms with van der Waals surface area (Å²) in [5.41, 5.74) is 8.19. The van der Waals surface area contributed by atoms with Gasteiger partial charge in [-0.25, -0.2) is 10.4 Å². The van der Waals surface area contributed by atoms with Crippen LogP contribution in [0.25, 0.3) is 11.3 Å². The highest BCUT2D eigenvalue weighted by molar-refractivity contribution is 8.14. The van der Waals surface area contributed by atoms with Gasteiger partial charge in [-0.2, -0.15) is 5.26 Å². The highest BCUT2D eigenvalue weighted by Gasteiger charge is 2.22. The fraction of sp³-hybridized carbons (Fsp3) is 0.136. The van der Waals surface area contributed by atoms with Gasteiger partial charge >= 0.3 is 5.97 Å². The number of amidine groups is 1. The van der Waals surface area contributed by atoms with Gasteiger partial charge in [0.2, 0.25) is 0 Å². The zero-order valence-electron chi connectivity index (χ0n) is 16.2. The standard InChI is InChI=1S/C22H18N4O4S/c23-11-14-3-1-4-15(9-14)12-29-17-6-2-5-16(10-17)18-7-8-19(30-18)21-24-22(26-25-21)31-13-20(27)28/h1-10,21,25H,12-13H2,(H,24,26)(H,27,28). The van der Waals surface area contributed by atoms with Crippen LogP contribution in [0.3, 0.4) is 0 Å². The summed E-state index contributed by atoms with van der Waals surface area (Å²) in [5, 5.41) is 18.3. The smallest absolute Gasteiger partial charge is 0.313 e. The van der Waals surface area contributed by atoms with Gasteiger partial charge in [0, 0.05) is 5.56 Å². The molecule has 1 atom stereocenters. The zero-order chi connectivity index (χ0) is 21.6. The first-order chi connectivity index (χ1) is 15.1. The Morgan fingerprint density at radius 3 is 2.94 bits per heavy atom. The molecule has 0 saturated carbocycles. The molecule has 8 nitrogen and oxygen atoms in total. The third-order valence-electron chi connectivity index (χ3n) is 4.37. The van der Waals surface area contributed by atoms with E-state index in [1.807, 2.05) is 48.5 Å². The number of carboxylic acids is 1. The monoisotopic (exact) mass is 434 g/mol. The van der Waals surface area contributed by atoms with E-state index in [9.17, 15) is 4.79 Å². The predicted octanol–water partition coefficient (Wildman–Crippen LogP) is 3.68. The van der Waals surface area contributed by atoms with Crippen molar-refractivity contribution in [2.45, 2.75) is 12.8 Å². The maximum atomic E-state index is 10.7. The molecule has 1 aromatic heterocycles. The van der Waals surface area contributed by atoms with Crippen molar-refractivity contribution in [3.63, 3.8) is 0 Å². The molecule has 4 rings (SSSR count). The Morgan fingerprint density at radius 2 is 2.10 bits per heavy atom. The molecule has 0 fully saturated rings. The molecule has 2 aromatic carbocycles. The second-order valence-electron chi connectivity index (χ2n) is 6.62. The first-order valence-corrected chi connectivity index (χ1v) is 10.4. The average Bonchev–Trinajstić information content (AvgIpc) is 3.46. The van der Waals surface area contributed by atoms with Gasteiger partial charge < -0.3 is 14.3 Å². The van der Waals surface area contributed by atoms with Crippen LogP contribution < -0.4 is 15.6 Å². The molecule has 0 bridgehead atoms. The average molecular weight is 434 g/mol. The van der Waals surface area contributed by atoms with Crippen molar-refractivity contribution in [3.05, 3.63) is 77.6 Å². The fourth-order valence-electron chi connectivity index (χ4n) is 2.94. The molecule has 1 unspecified atom stereocenters. The fourth-order valence-corrected chi connectivity index (χ4v) is 3.51. The number of furan rings is 1. The minimum atomic E-state index is -0.905. The molecule has 156 valence electrons. The van der Waals surface area contributed by atoms with Crippen LogP contribution in [0.5, 0.6) is 5.75 Å². The first kappa shape index (κ1) is 20.5. The molecule has 1 aliphatic heterocycles. The molecule has 9 heteroatoms. The van der Waals surface area contributed by atoms with Crippen molar-refractivity contribution in [1.82, 2.24) is 10.9 Å². The Hall–Kier alpha value is -3.74. The van der Waals surface area contributed by atoms with Gasteiger partial charge in [-0.1, -0.05) is 36.0 Å². The van der Waals surface area contributed by atoms with Crippen molar-refractivity contribution in [2.75, 3.05) is 5.75 Å². The Kier molecular flexibility index (Phi) is 6.21. The van der Waals surface area contributed by atoms with Crippen molar-refractivity contribution >= 4 is 22.9 Å². The van der Waals surface area contributed by atoms with Crippen LogP contribution in [0.4, 0.5) is 0 Å². The van der Waals surface area contributed by atoms with Crippen LogP contribution in [-0.4, -0.2) is 22.0 Å². The van der Waals surface area contributed by atoms with Crippen LogP contribution in [0.15, 0.2) is 70.1 Å². The lowest BCUT2D eigenvalue weighted by atomic mass is 10.1. The molecular weight excluding hydrogens is 416 g/mol. The second-order valence-corrected chi connectivity index (χ2v) is 7.58. The number of carboxylic acid groups (broad SMARTS) is 1. The van der Waals surface area contributed by atoms with Crippen LogP contribution in [-0.2, 0) is 11.4 Å². The van der Waals surface area contributed by atoms with Gasteiger partial charge in [0.25, 0.3) is 0 Å². The van der Waals surface area contributed by atoms with Gasteiger partial charge in [-0.15, -0.1) is 0 Å². The highest BCUT2D eigenvalue weighted by Crippen LogP contribution is 2.29. The Bertz CT molecular complexity index is 1170. The number of nitriles is 1. The van der Waals surface area contributed by atoms with E-state index in [1.165, 1.54) is 0 Å². The number of carbonyl (C=O) groups is 1. The van der Waals surface area contributed by atoms with E-state index in [2.05, 4.69) is 21.9 Å². The number of rotatable bonds is 7. The summed E-state index contributed by atoms with van der Waals surface area (Å²) in [4.78, 5) is 15.1. The van der Waals surface area contributed by atoms with E-state index in [1.54, 1.807) is 12.1 Å². The van der Waals surface area contributed by atoms with Crippen molar-refractivity contribution in [2.24, 2.45) is 4.99 Å². The Balaban J connectivity index is 1.42. The van der Waals surface area contributed by atoms with E-state index in [-0.39, 0.29) is 5.75 Å². The molecule has 1 aliphatic rings. The summed E-state index contributed by atoms with van der Waals surface area (Å²) in [6.45, 7) is 0.353. The largest absolute Gasteiger partial charge is 0.489 e. The third-order valence-corrected chi connectivity index (χ3v) is 5.24. The van der Waals surface area contributed by atoms with E-state index in [4.69, 9.17) is 19.5 Å². The molecule has 0 aliphatic carbocycles. The van der Waals surface area contributed by atoms with E-state index >= 15 is 0 Å². The third kappa shape index (κ3) is 5.25. The molecule has 0 radical (unpaired) electrons. The quantitative estimate of drug-likeness (QED) is 0.515. The van der Waals surface area contributed by atoms with Crippen LogP contribution >= 0.6 is 11.8 Å². The number of nitrogens with zero attached hydrogens (tertiary/aromatic N) is 2. The number of hydrazine groups is 1. The Labute approximate surface area is 182 Å². The van der Waals surface area contributed by atoms with Gasteiger partial charge in [0.1, 0.15) is 23.9 Å². The number of aliphatic imine (C=N–C) groups is 1. The van der Waals surface area contributed by atoms with Gasteiger partial charge in [0.15, 0.2) is 11.3 Å². The number of thioether (sulfide) groups is 1. The summed E-state index contributed by atoms with van der Waals surface area (Å²) in [6, 6.07) is 20.6. The second kappa shape index (κ2) is 9.38. The maximum absolute atomic E-state index is 10.7. The summed E-state index contributed by atoms with van der Waals surface area (Å²) in [6.07, 6.45) is -0.433. The lowest BCUT2D eigenvalue weighted by Gasteiger charge is -2.08. The molecule has 0 amide bonds. The summed E-state index contributed by atoms with van der Waals surface area (Å²) in [7, 11) is 0. The summed E-state index contributed by atoms with van der Waals surface area (Å²) in [5.74, 6) is 0.975. The van der Waals surface area contributed by atoms with Gasteiger partial charge in [-0.05, 0) is 42.0 Å². The lowest BCUT2D eigenvalue weighted by molar-refractivity contribution is -0.133. The molecule has 0 spiro atoms. The normalized spacial score (nSPS) is 15.1. The molecule has 0 saturated heterocycles. The molecular formula is C22H18N4O4S. The number of ether oxygens (including phenoxy) is 1. The van der Waals surface area contributed by atoms with E-state index in [0.29, 0.717) is 34.6 Å². The van der Waals surface area contributed by atoms with Gasteiger partial charge in [0.05, 0.1) is 17.4 Å². The zero-order valence-corrected chi connectivity index (χ0v) is 17.1. The number of hydrogen-bond acceptors (Lipinski definition) is 8. The SMILES string of the molecule is N#Cc1cccc(COc2cccc(-c3ccc(C4N=C(SCC(=O)O)NN4)o3)c2)c1. The van der Waals surface area contributed by atoms with Gasteiger partial charge in [-0.3, -0.25) is 10.2 Å². The van der Waals surface area contributed by atoms with Crippen molar-refractivity contribution in [1.29, 1.82) is 5.26 Å². The maximum Gasteiger partial charge on any atom is 0.313 e. The molecule has 2 heterocycles. The molecule has 3 aromatic rings. The summed E-state index contributed by atoms with van der Waals surface area (Å²) < 4.78 is 11.8.